The zero-order valence-electron chi connectivity index (χ0n) is 13.4. The van der Waals surface area contributed by atoms with E-state index in [9.17, 15) is 0 Å². The molecule has 2 aromatic rings. The molecule has 0 aliphatic rings. The maximum atomic E-state index is 5.83. The van der Waals surface area contributed by atoms with Gasteiger partial charge in [-0.3, -0.25) is 4.68 Å². The fourth-order valence-corrected chi connectivity index (χ4v) is 2.01. The molecule has 0 aliphatic heterocycles. The Morgan fingerprint density at radius 3 is 2.43 bits per heavy atom. The van der Waals surface area contributed by atoms with Crippen molar-refractivity contribution in [2.24, 2.45) is 7.05 Å². The number of ether oxygens (including phenoxy) is 1. The first kappa shape index (κ1) is 15.5. The van der Waals surface area contributed by atoms with Crippen LogP contribution in [0, 0.1) is 0 Å². The molecule has 0 aliphatic carbocycles. The van der Waals surface area contributed by atoms with Crippen molar-refractivity contribution in [2.75, 3.05) is 0 Å². The summed E-state index contributed by atoms with van der Waals surface area (Å²) in [6, 6.07) is 8.43. The Labute approximate surface area is 126 Å². The molecule has 5 nitrogen and oxygen atoms in total. The standard InChI is InChI=1S/C16H24N4O/c1-12(17-10-15-18-11-20(5)19-15)13-6-8-14(9-7-13)21-16(2,3)4/h6-9,11-12,17H,10H2,1-5H3. The van der Waals surface area contributed by atoms with Gasteiger partial charge in [-0.05, 0) is 45.4 Å². The van der Waals surface area contributed by atoms with Gasteiger partial charge in [0.05, 0.1) is 6.54 Å². The molecule has 5 heteroatoms. The summed E-state index contributed by atoms with van der Waals surface area (Å²) in [5, 5.41) is 7.67. The first-order valence-electron chi connectivity index (χ1n) is 7.20. The number of aryl methyl sites for hydroxylation is 1. The predicted octanol–water partition coefficient (Wildman–Crippen LogP) is 2.84. The zero-order chi connectivity index (χ0) is 15.5. The summed E-state index contributed by atoms with van der Waals surface area (Å²) in [4.78, 5) is 4.21. The Bertz CT molecular complexity index is 569. The van der Waals surface area contributed by atoms with E-state index in [1.54, 1.807) is 11.0 Å². The van der Waals surface area contributed by atoms with Crippen LogP contribution in [-0.2, 0) is 13.6 Å². The van der Waals surface area contributed by atoms with Crippen molar-refractivity contribution >= 4 is 0 Å². The van der Waals surface area contributed by atoms with E-state index in [2.05, 4.69) is 34.5 Å². The average molecular weight is 288 g/mol. The molecule has 0 saturated carbocycles. The molecular weight excluding hydrogens is 264 g/mol. The minimum atomic E-state index is -0.171. The second-order valence-corrected chi connectivity index (χ2v) is 6.22. The highest BCUT2D eigenvalue weighted by Crippen LogP contribution is 2.21. The van der Waals surface area contributed by atoms with Crippen LogP contribution in [0.4, 0.5) is 0 Å². The zero-order valence-corrected chi connectivity index (χ0v) is 13.4. The van der Waals surface area contributed by atoms with Crippen LogP contribution in [0.15, 0.2) is 30.6 Å². The Morgan fingerprint density at radius 2 is 1.90 bits per heavy atom. The number of hydrogen-bond acceptors (Lipinski definition) is 4. The van der Waals surface area contributed by atoms with Crippen molar-refractivity contribution in [1.29, 1.82) is 0 Å². The lowest BCUT2D eigenvalue weighted by Gasteiger charge is -2.21. The minimum absolute atomic E-state index is 0.171. The van der Waals surface area contributed by atoms with Crippen LogP contribution in [0.3, 0.4) is 0 Å². The largest absolute Gasteiger partial charge is 0.488 e. The fourth-order valence-electron chi connectivity index (χ4n) is 2.01. The quantitative estimate of drug-likeness (QED) is 0.919. The molecule has 0 saturated heterocycles. The van der Waals surface area contributed by atoms with Crippen molar-refractivity contribution < 1.29 is 4.74 Å². The lowest BCUT2D eigenvalue weighted by Crippen LogP contribution is -2.23. The van der Waals surface area contributed by atoms with Crippen molar-refractivity contribution in [2.45, 2.75) is 45.9 Å². The monoisotopic (exact) mass is 288 g/mol. The van der Waals surface area contributed by atoms with Crippen molar-refractivity contribution in [3.8, 4) is 5.75 Å². The molecule has 2 rings (SSSR count). The van der Waals surface area contributed by atoms with Crippen LogP contribution in [0.5, 0.6) is 5.75 Å². The first-order chi connectivity index (χ1) is 9.83. The lowest BCUT2D eigenvalue weighted by molar-refractivity contribution is 0.131. The maximum absolute atomic E-state index is 5.83. The van der Waals surface area contributed by atoms with Gasteiger partial charge < -0.3 is 10.1 Å². The van der Waals surface area contributed by atoms with Gasteiger partial charge in [-0.25, -0.2) is 4.98 Å². The third-order valence-electron chi connectivity index (χ3n) is 3.02. The van der Waals surface area contributed by atoms with Gasteiger partial charge in [-0.2, -0.15) is 5.10 Å². The average Bonchev–Trinajstić information content (AvgIpc) is 2.81. The summed E-state index contributed by atoms with van der Waals surface area (Å²) in [5.74, 6) is 1.70. The smallest absolute Gasteiger partial charge is 0.164 e. The van der Waals surface area contributed by atoms with E-state index in [4.69, 9.17) is 4.74 Å². The second-order valence-electron chi connectivity index (χ2n) is 6.22. The van der Waals surface area contributed by atoms with E-state index in [0.29, 0.717) is 6.54 Å². The van der Waals surface area contributed by atoms with Crippen LogP contribution in [0.25, 0.3) is 0 Å². The molecule has 0 fully saturated rings. The molecule has 21 heavy (non-hydrogen) atoms. The van der Waals surface area contributed by atoms with Gasteiger partial charge in [0.1, 0.15) is 17.7 Å². The summed E-state index contributed by atoms with van der Waals surface area (Å²) in [6.45, 7) is 8.92. The number of nitrogens with one attached hydrogen (secondary N) is 1. The summed E-state index contributed by atoms with van der Waals surface area (Å²) in [6.07, 6.45) is 1.71. The van der Waals surface area contributed by atoms with Crippen molar-refractivity contribution in [3.05, 3.63) is 42.0 Å². The third-order valence-corrected chi connectivity index (χ3v) is 3.02. The number of rotatable bonds is 5. The van der Waals surface area contributed by atoms with Gasteiger partial charge in [-0.1, -0.05) is 12.1 Å². The molecule has 1 aromatic carbocycles. The van der Waals surface area contributed by atoms with E-state index < -0.39 is 0 Å². The number of nitrogens with zero attached hydrogens (tertiary/aromatic N) is 3. The molecule has 0 amide bonds. The van der Waals surface area contributed by atoms with E-state index in [0.717, 1.165) is 11.6 Å². The van der Waals surface area contributed by atoms with Crippen LogP contribution >= 0.6 is 0 Å². The number of aromatic nitrogens is 3. The van der Waals surface area contributed by atoms with Gasteiger partial charge >= 0.3 is 0 Å². The molecule has 1 aromatic heterocycles. The molecule has 1 atom stereocenters. The molecule has 1 N–H and O–H groups in total. The van der Waals surface area contributed by atoms with Crippen molar-refractivity contribution in [1.82, 2.24) is 20.1 Å². The van der Waals surface area contributed by atoms with Gasteiger partial charge in [0, 0.05) is 13.1 Å². The molecule has 1 unspecified atom stereocenters. The highest BCUT2D eigenvalue weighted by atomic mass is 16.5. The van der Waals surface area contributed by atoms with Crippen LogP contribution in [0.1, 0.15) is 45.1 Å². The first-order valence-corrected chi connectivity index (χ1v) is 7.20. The highest BCUT2D eigenvalue weighted by Gasteiger charge is 2.12. The Hall–Kier alpha value is -1.88. The summed E-state index contributed by atoms with van der Waals surface area (Å²) in [5.41, 5.74) is 1.04. The normalized spacial score (nSPS) is 13.2. The summed E-state index contributed by atoms with van der Waals surface area (Å²) < 4.78 is 7.53. The van der Waals surface area contributed by atoms with Gasteiger partial charge in [0.25, 0.3) is 0 Å². The Balaban J connectivity index is 1.91. The van der Waals surface area contributed by atoms with Crippen LogP contribution in [0.2, 0.25) is 0 Å². The molecular formula is C16H24N4O. The van der Waals surface area contributed by atoms with E-state index >= 15 is 0 Å². The number of benzene rings is 1. The Kier molecular flexibility index (Phi) is 4.63. The SMILES string of the molecule is CC(NCc1ncn(C)n1)c1ccc(OC(C)(C)C)cc1. The highest BCUT2D eigenvalue weighted by molar-refractivity contribution is 5.29. The molecule has 0 radical (unpaired) electrons. The summed E-state index contributed by atoms with van der Waals surface area (Å²) in [7, 11) is 1.87. The van der Waals surface area contributed by atoms with E-state index in [-0.39, 0.29) is 11.6 Å². The maximum Gasteiger partial charge on any atom is 0.164 e. The molecule has 0 spiro atoms. The third kappa shape index (κ3) is 4.86. The van der Waals surface area contributed by atoms with Gasteiger partial charge in [0.15, 0.2) is 5.82 Å². The topological polar surface area (TPSA) is 52.0 Å². The predicted molar refractivity (Wildman–Crippen MR) is 83.1 cm³/mol. The van der Waals surface area contributed by atoms with Crippen LogP contribution in [-0.4, -0.2) is 20.4 Å². The fraction of sp³-hybridized carbons (Fsp3) is 0.500. The lowest BCUT2D eigenvalue weighted by atomic mass is 10.1. The van der Waals surface area contributed by atoms with E-state index in [1.807, 2.05) is 40.0 Å². The summed E-state index contributed by atoms with van der Waals surface area (Å²) >= 11 is 0. The number of hydrogen-bond donors (Lipinski definition) is 1. The second kappa shape index (κ2) is 6.26. The molecule has 114 valence electrons. The van der Waals surface area contributed by atoms with Gasteiger partial charge in [-0.15, -0.1) is 0 Å². The minimum Gasteiger partial charge on any atom is -0.488 e. The Morgan fingerprint density at radius 1 is 1.24 bits per heavy atom. The molecule has 1 heterocycles. The molecule has 0 bridgehead atoms. The van der Waals surface area contributed by atoms with Gasteiger partial charge in [0.2, 0.25) is 0 Å². The van der Waals surface area contributed by atoms with Crippen molar-refractivity contribution in [3.63, 3.8) is 0 Å². The van der Waals surface area contributed by atoms with E-state index in [1.165, 1.54) is 5.56 Å². The van der Waals surface area contributed by atoms with Crippen LogP contribution < -0.4 is 10.1 Å².